The van der Waals surface area contributed by atoms with Crippen LogP contribution in [-0.4, -0.2) is 28.9 Å². The zero-order chi connectivity index (χ0) is 22.4. The smallest absolute Gasteiger partial charge is 0.301 e. The first-order chi connectivity index (χ1) is 15.5. The number of nitrogens with zero attached hydrogens (tertiary/aromatic N) is 2. The number of Topliss-reactive ketones (excluding diaryl/α,β-unsaturated/α-hetero) is 1. The van der Waals surface area contributed by atoms with Crippen LogP contribution in [0.4, 0.5) is 5.13 Å². The molecule has 1 aliphatic heterocycles. The summed E-state index contributed by atoms with van der Waals surface area (Å²) in [5.74, 6) is -1.14. The fourth-order valence-corrected chi connectivity index (χ4v) is 5.71. The number of thiophene rings is 1. The van der Waals surface area contributed by atoms with E-state index in [-0.39, 0.29) is 11.3 Å². The van der Waals surface area contributed by atoms with E-state index in [1.165, 1.54) is 34.7 Å². The van der Waals surface area contributed by atoms with Crippen LogP contribution in [0.3, 0.4) is 0 Å². The Labute approximate surface area is 192 Å². The lowest BCUT2D eigenvalue weighted by atomic mass is 10.00. The number of aliphatic hydroxyl groups excluding tert-OH is 1. The van der Waals surface area contributed by atoms with Crippen LogP contribution < -0.4 is 9.64 Å². The first-order valence-corrected chi connectivity index (χ1v) is 11.5. The summed E-state index contributed by atoms with van der Waals surface area (Å²) in [6, 6.07) is 15.6. The van der Waals surface area contributed by atoms with Gasteiger partial charge in [-0.3, -0.25) is 14.5 Å². The van der Waals surface area contributed by atoms with Crippen LogP contribution in [0.25, 0.3) is 16.0 Å². The van der Waals surface area contributed by atoms with Gasteiger partial charge in [0, 0.05) is 10.4 Å². The molecular formula is C24H18N2O4S2. The average molecular weight is 463 g/mol. The number of ether oxygens (including phenoxy) is 1. The van der Waals surface area contributed by atoms with Gasteiger partial charge in [-0.15, -0.1) is 11.3 Å². The monoisotopic (exact) mass is 462 g/mol. The molecule has 0 saturated carbocycles. The Morgan fingerprint density at radius 1 is 1.12 bits per heavy atom. The maximum atomic E-state index is 13.2. The molecule has 32 heavy (non-hydrogen) atoms. The van der Waals surface area contributed by atoms with Gasteiger partial charge in [0.15, 0.2) is 5.13 Å². The largest absolute Gasteiger partial charge is 0.507 e. The highest BCUT2D eigenvalue weighted by molar-refractivity contribution is 7.22. The molecule has 0 unspecified atom stereocenters. The molecule has 160 valence electrons. The summed E-state index contributed by atoms with van der Waals surface area (Å²) >= 11 is 2.77. The van der Waals surface area contributed by atoms with E-state index in [0.717, 1.165) is 20.7 Å². The van der Waals surface area contributed by atoms with E-state index in [9.17, 15) is 14.7 Å². The molecule has 0 spiro atoms. The van der Waals surface area contributed by atoms with Crippen molar-refractivity contribution in [3.8, 4) is 5.75 Å². The van der Waals surface area contributed by atoms with Crippen molar-refractivity contribution in [3.05, 3.63) is 81.6 Å². The molecule has 1 aliphatic rings. The summed E-state index contributed by atoms with van der Waals surface area (Å²) < 4.78 is 6.18. The van der Waals surface area contributed by atoms with Crippen molar-refractivity contribution in [1.29, 1.82) is 0 Å². The molecule has 4 aromatic rings. The van der Waals surface area contributed by atoms with Crippen molar-refractivity contribution in [1.82, 2.24) is 4.98 Å². The summed E-state index contributed by atoms with van der Waals surface area (Å²) in [4.78, 5) is 33.2. The molecule has 1 fully saturated rings. The summed E-state index contributed by atoms with van der Waals surface area (Å²) in [7, 11) is 1.53. The van der Waals surface area contributed by atoms with E-state index in [0.29, 0.717) is 16.4 Å². The Morgan fingerprint density at radius 3 is 2.72 bits per heavy atom. The molecule has 8 heteroatoms. The number of amides is 1. The van der Waals surface area contributed by atoms with Crippen LogP contribution in [0.1, 0.15) is 22.0 Å². The number of hydrogen-bond acceptors (Lipinski definition) is 7. The Morgan fingerprint density at radius 2 is 1.97 bits per heavy atom. The third kappa shape index (κ3) is 3.28. The minimum Gasteiger partial charge on any atom is -0.507 e. The minimum absolute atomic E-state index is 0.0427. The lowest BCUT2D eigenvalue weighted by molar-refractivity contribution is -0.132. The van der Waals surface area contributed by atoms with Gasteiger partial charge < -0.3 is 9.84 Å². The van der Waals surface area contributed by atoms with Crippen LogP contribution in [0.15, 0.2) is 65.6 Å². The molecule has 1 saturated heterocycles. The first kappa shape index (κ1) is 20.4. The summed E-state index contributed by atoms with van der Waals surface area (Å²) in [5.41, 5.74) is 2.29. The van der Waals surface area contributed by atoms with E-state index in [1.807, 2.05) is 42.6 Å². The fourth-order valence-electron chi connectivity index (χ4n) is 3.79. The highest BCUT2D eigenvalue weighted by Crippen LogP contribution is 2.45. The molecule has 5 rings (SSSR count). The molecule has 1 atom stereocenters. The molecule has 0 aliphatic carbocycles. The van der Waals surface area contributed by atoms with Gasteiger partial charge in [0.25, 0.3) is 5.78 Å². The Kier molecular flexibility index (Phi) is 5.03. The maximum absolute atomic E-state index is 13.2. The normalized spacial score (nSPS) is 17.9. The number of aromatic nitrogens is 1. The van der Waals surface area contributed by atoms with Crippen molar-refractivity contribution >= 4 is 55.5 Å². The van der Waals surface area contributed by atoms with Gasteiger partial charge in [-0.05, 0) is 48.2 Å². The number of aliphatic hydroxyl groups is 1. The second kappa shape index (κ2) is 7.89. The summed E-state index contributed by atoms with van der Waals surface area (Å²) in [6.45, 7) is 1.99. The van der Waals surface area contributed by atoms with Crippen molar-refractivity contribution in [2.24, 2.45) is 0 Å². The van der Waals surface area contributed by atoms with E-state index in [2.05, 4.69) is 4.98 Å². The van der Waals surface area contributed by atoms with Crippen LogP contribution in [0.2, 0.25) is 0 Å². The lowest BCUT2D eigenvalue weighted by Crippen LogP contribution is -2.28. The van der Waals surface area contributed by atoms with Gasteiger partial charge in [0.1, 0.15) is 17.6 Å². The number of fused-ring (bicyclic) bond motifs is 1. The van der Waals surface area contributed by atoms with Gasteiger partial charge in [0.2, 0.25) is 0 Å². The molecule has 3 heterocycles. The molecule has 1 amide bonds. The van der Waals surface area contributed by atoms with E-state index in [4.69, 9.17) is 4.74 Å². The summed E-state index contributed by atoms with van der Waals surface area (Å²) in [6.07, 6.45) is 0. The second-order valence-electron chi connectivity index (χ2n) is 7.38. The zero-order valence-electron chi connectivity index (χ0n) is 17.2. The number of rotatable bonds is 4. The molecule has 2 aromatic carbocycles. The van der Waals surface area contributed by atoms with Gasteiger partial charge in [-0.25, -0.2) is 4.98 Å². The van der Waals surface area contributed by atoms with Gasteiger partial charge in [-0.2, -0.15) is 0 Å². The Hall–Kier alpha value is -3.49. The van der Waals surface area contributed by atoms with Crippen molar-refractivity contribution in [3.63, 3.8) is 0 Å². The third-order valence-electron chi connectivity index (χ3n) is 5.34. The van der Waals surface area contributed by atoms with E-state index >= 15 is 0 Å². The maximum Gasteiger partial charge on any atom is 0.301 e. The number of carbonyl (C=O) groups is 2. The number of anilines is 1. The molecule has 0 radical (unpaired) electrons. The van der Waals surface area contributed by atoms with E-state index < -0.39 is 17.7 Å². The highest BCUT2D eigenvalue weighted by atomic mass is 32.1. The number of carbonyl (C=O) groups excluding carboxylic acids is 2. The predicted molar refractivity (Wildman–Crippen MR) is 126 cm³/mol. The van der Waals surface area contributed by atoms with E-state index in [1.54, 1.807) is 24.3 Å². The zero-order valence-corrected chi connectivity index (χ0v) is 18.9. The standard InChI is InChI=1S/C24H18N2O4S2/c1-13-8-9-16-18(11-13)32-24(25-16)26-20(17-7-4-10-31-17)19(22(28)23(26)29)21(27)14-5-3-6-15(12-14)30-2/h3-12,20,27H,1-2H3/b21-19+/t20-/m0/s1. The number of hydrogen-bond donors (Lipinski definition) is 1. The molecule has 1 N–H and O–H groups in total. The number of aryl methyl sites for hydroxylation is 1. The number of ketones is 1. The molecule has 0 bridgehead atoms. The summed E-state index contributed by atoms with van der Waals surface area (Å²) in [5, 5.41) is 13.5. The predicted octanol–water partition coefficient (Wildman–Crippen LogP) is 5.30. The fraction of sp³-hybridized carbons (Fsp3) is 0.125. The Bertz CT molecular complexity index is 1390. The number of benzene rings is 2. The number of thiazole rings is 1. The van der Waals surface area contributed by atoms with Crippen molar-refractivity contribution in [2.75, 3.05) is 12.0 Å². The molecular weight excluding hydrogens is 444 g/mol. The SMILES string of the molecule is COc1cccc(/C(O)=C2\C(=O)C(=O)N(c3nc4ccc(C)cc4s3)[C@H]2c2cccs2)c1. The van der Waals surface area contributed by atoms with Gasteiger partial charge >= 0.3 is 5.91 Å². The lowest BCUT2D eigenvalue weighted by Gasteiger charge is -2.21. The first-order valence-electron chi connectivity index (χ1n) is 9.84. The quantitative estimate of drug-likeness (QED) is 0.253. The van der Waals surface area contributed by atoms with Crippen LogP contribution >= 0.6 is 22.7 Å². The topological polar surface area (TPSA) is 79.7 Å². The minimum atomic E-state index is -0.761. The van der Waals surface area contributed by atoms with Crippen LogP contribution in [0.5, 0.6) is 5.75 Å². The van der Waals surface area contributed by atoms with Gasteiger partial charge in [-0.1, -0.05) is 35.6 Å². The molecule has 6 nitrogen and oxygen atoms in total. The Balaban J connectivity index is 1.71. The second-order valence-corrected chi connectivity index (χ2v) is 9.37. The highest BCUT2D eigenvalue weighted by Gasteiger charge is 2.48. The van der Waals surface area contributed by atoms with Crippen LogP contribution in [-0.2, 0) is 9.59 Å². The van der Waals surface area contributed by atoms with Crippen molar-refractivity contribution in [2.45, 2.75) is 13.0 Å². The number of methoxy groups -OCH3 is 1. The average Bonchev–Trinajstić information content (AvgIpc) is 3.52. The third-order valence-corrected chi connectivity index (χ3v) is 7.28. The molecule has 2 aromatic heterocycles. The van der Waals surface area contributed by atoms with Crippen LogP contribution in [0, 0.1) is 6.92 Å². The van der Waals surface area contributed by atoms with Crippen molar-refractivity contribution < 1.29 is 19.4 Å². The van der Waals surface area contributed by atoms with Gasteiger partial charge in [0.05, 0.1) is 22.9 Å².